The summed E-state index contributed by atoms with van der Waals surface area (Å²) >= 11 is 0. The predicted octanol–water partition coefficient (Wildman–Crippen LogP) is 2.50. The van der Waals surface area contributed by atoms with Crippen LogP contribution in [0.3, 0.4) is 0 Å². The topological polar surface area (TPSA) is 59.0 Å². The molecule has 2 N–H and O–H groups in total. The Morgan fingerprint density at radius 1 is 1.36 bits per heavy atom. The molecule has 1 amide bonds. The van der Waals surface area contributed by atoms with Crippen molar-refractivity contribution in [3.8, 4) is 0 Å². The molecule has 5 nitrogen and oxygen atoms in total. The average Bonchev–Trinajstić information content (AvgIpc) is 3.14. The number of rotatable bonds is 4. The van der Waals surface area contributed by atoms with Gasteiger partial charge in [0.05, 0.1) is 18.3 Å². The molecule has 22 heavy (non-hydrogen) atoms. The summed E-state index contributed by atoms with van der Waals surface area (Å²) in [6.07, 6.45) is 2.96. The SMILES string of the molecule is CCc1nn2c(c1C(=O)NC1CC1)N[C@@H](c1ccccc1)C2. The molecule has 2 heterocycles. The van der Waals surface area contributed by atoms with E-state index in [1.807, 2.05) is 29.8 Å². The van der Waals surface area contributed by atoms with Gasteiger partial charge >= 0.3 is 0 Å². The van der Waals surface area contributed by atoms with Crippen LogP contribution < -0.4 is 10.6 Å². The third-order valence-corrected chi connectivity index (χ3v) is 4.37. The van der Waals surface area contributed by atoms with Gasteiger partial charge in [-0.25, -0.2) is 4.68 Å². The summed E-state index contributed by atoms with van der Waals surface area (Å²) in [6, 6.07) is 10.8. The maximum Gasteiger partial charge on any atom is 0.257 e. The number of fused-ring (bicyclic) bond motifs is 1. The van der Waals surface area contributed by atoms with Crippen molar-refractivity contribution in [3.63, 3.8) is 0 Å². The molecule has 1 aromatic carbocycles. The second-order valence-corrected chi connectivity index (χ2v) is 6.06. The zero-order valence-corrected chi connectivity index (χ0v) is 12.7. The highest BCUT2D eigenvalue weighted by Gasteiger charge is 2.33. The van der Waals surface area contributed by atoms with Crippen LogP contribution in [0.15, 0.2) is 30.3 Å². The smallest absolute Gasteiger partial charge is 0.257 e. The highest BCUT2D eigenvalue weighted by Crippen LogP contribution is 2.33. The Balaban J connectivity index is 1.63. The van der Waals surface area contributed by atoms with E-state index in [2.05, 4.69) is 27.9 Å². The molecule has 2 aliphatic rings. The van der Waals surface area contributed by atoms with Crippen LogP contribution in [0, 0.1) is 0 Å². The third kappa shape index (κ3) is 2.26. The van der Waals surface area contributed by atoms with Gasteiger partial charge in [0.1, 0.15) is 11.4 Å². The minimum absolute atomic E-state index is 0.0156. The van der Waals surface area contributed by atoms with Crippen LogP contribution in [0.25, 0.3) is 0 Å². The van der Waals surface area contributed by atoms with Crippen molar-refractivity contribution in [1.29, 1.82) is 0 Å². The summed E-state index contributed by atoms with van der Waals surface area (Å²) < 4.78 is 1.94. The highest BCUT2D eigenvalue weighted by atomic mass is 16.1. The Morgan fingerprint density at radius 2 is 2.14 bits per heavy atom. The van der Waals surface area contributed by atoms with Crippen molar-refractivity contribution in [1.82, 2.24) is 15.1 Å². The largest absolute Gasteiger partial charge is 0.361 e. The van der Waals surface area contributed by atoms with E-state index in [1.54, 1.807) is 0 Å². The summed E-state index contributed by atoms with van der Waals surface area (Å²) in [6.45, 7) is 2.81. The first-order valence-corrected chi connectivity index (χ1v) is 7.98. The number of aryl methyl sites for hydroxylation is 1. The van der Waals surface area contributed by atoms with Crippen molar-refractivity contribution < 1.29 is 4.79 Å². The fraction of sp³-hybridized carbons (Fsp3) is 0.412. The van der Waals surface area contributed by atoms with E-state index in [0.717, 1.165) is 42.9 Å². The first-order chi connectivity index (χ1) is 10.8. The molecule has 4 rings (SSSR count). The van der Waals surface area contributed by atoms with Gasteiger partial charge in [-0.2, -0.15) is 5.10 Å². The standard InChI is InChI=1S/C17H20N4O/c1-2-13-15(17(22)18-12-8-9-12)16-19-14(10-21(16)20-13)11-6-4-3-5-7-11/h3-7,12,14,19H,2,8-10H2,1H3,(H,18,22)/t14-/m1/s1. The second kappa shape index (κ2) is 5.16. The second-order valence-electron chi connectivity index (χ2n) is 6.06. The predicted molar refractivity (Wildman–Crippen MR) is 84.9 cm³/mol. The first-order valence-electron chi connectivity index (χ1n) is 7.98. The number of hydrogen-bond donors (Lipinski definition) is 2. The van der Waals surface area contributed by atoms with E-state index in [-0.39, 0.29) is 11.9 Å². The van der Waals surface area contributed by atoms with E-state index in [0.29, 0.717) is 6.04 Å². The van der Waals surface area contributed by atoms with Crippen LogP contribution in [0.2, 0.25) is 0 Å². The van der Waals surface area contributed by atoms with Crippen LogP contribution in [-0.2, 0) is 13.0 Å². The monoisotopic (exact) mass is 296 g/mol. The van der Waals surface area contributed by atoms with Crippen LogP contribution in [0.1, 0.15) is 47.4 Å². The summed E-state index contributed by atoms with van der Waals surface area (Å²) in [5.74, 6) is 0.880. The van der Waals surface area contributed by atoms with Crippen LogP contribution in [0.4, 0.5) is 5.82 Å². The number of aromatic nitrogens is 2. The van der Waals surface area contributed by atoms with Crippen LogP contribution >= 0.6 is 0 Å². The van der Waals surface area contributed by atoms with Gasteiger partial charge in [-0.05, 0) is 24.8 Å². The summed E-state index contributed by atoms with van der Waals surface area (Å²) in [5.41, 5.74) is 2.83. The first kappa shape index (κ1) is 13.4. The summed E-state index contributed by atoms with van der Waals surface area (Å²) in [5, 5.41) is 11.2. The van der Waals surface area contributed by atoms with Gasteiger partial charge in [0.25, 0.3) is 5.91 Å². The quantitative estimate of drug-likeness (QED) is 0.911. The van der Waals surface area contributed by atoms with E-state index >= 15 is 0 Å². The molecule has 0 saturated heterocycles. The molecular formula is C17H20N4O. The van der Waals surface area contributed by atoms with Crippen molar-refractivity contribution in [2.45, 2.75) is 44.8 Å². The molecule has 1 fully saturated rings. The third-order valence-electron chi connectivity index (χ3n) is 4.37. The van der Waals surface area contributed by atoms with E-state index in [4.69, 9.17) is 0 Å². The van der Waals surface area contributed by atoms with Gasteiger partial charge in [-0.1, -0.05) is 37.3 Å². The number of nitrogens with one attached hydrogen (secondary N) is 2. The highest BCUT2D eigenvalue weighted by molar-refractivity contribution is 6.00. The Hall–Kier alpha value is -2.30. The normalized spacial score (nSPS) is 19.6. The van der Waals surface area contributed by atoms with Crippen molar-refractivity contribution in [3.05, 3.63) is 47.2 Å². The molecule has 0 unspecified atom stereocenters. The molecule has 1 atom stereocenters. The fourth-order valence-electron chi connectivity index (χ4n) is 3.02. The Labute approximate surface area is 129 Å². The maximum atomic E-state index is 12.5. The molecule has 5 heteroatoms. The van der Waals surface area contributed by atoms with Crippen molar-refractivity contribution in [2.24, 2.45) is 0 Å². The minimum atomic E-state index is 0.0156. The minimum Gasteiger partial charge on any atom is -0.361 e. The van der Waals surface area contributed by atoms with Gasteiger partial charge in [0, 0.05) is 6.04 Å². The lowest BCUT2D eigenvalue weighted by atomic mass is 10.1. The molecule has 1 aliphatic heterocycles. The zero-order chi connectivity index (χ0) is 15.1. The number of benzene rings is 1. The lowest BCUT2D eigenvalue weighted by Gasteiger charge is -2.12. The Bertz CT molecular complexity index is 703. The number of carbonyl (C=O) groups excluding carboxylic acids is 1. The molecule has 114 valence electrons. The maximum absolute atomic E-state index is 12.5. The average molecular weight is 296 g/mol. The molecule has 0 radical (unpaired) electrons. The van der Waals surface area contributed by atoms with E-state index in [9.17, 15) is 4.79 Å². The van der Waals surface area contributed by atoms with Gasteiger partial charge in [0.15, 0.2) is 0 Å². The molecule has 0 bridgehead atoms. The van der Waals surface area contributed by atoms with E-state index < -0.39 is 0 Å². The molecular weight excluding hydrogens is 276 g/mol. The fourth-order valence-corrected chi connectivity index (χ4v) is 3.02. The molecule has 2 aromatic rings. The van der Waals surface area contributed by atoms with Crippen LogP contribution in [-0.4, -0.2) is 21.7 Å². The van der Waals surface area contributed by atoms with Crippen molar-refractivity contribution in [2.75, 3.05) is 5.32 Å². The molecule has 1 aromatic heterocycles. The van der Waals surface area contributed by atoms with Crippen molar-refractivity contribution >= 4 is 11.7 Å². The number of hydrogen-bond acceptors (Lipinski definition) is 3. The Morgan fingerprint density at radius 3 is 2.82 bits per heavy atom. The van der Waals surface area contributed by atoms with Gasteiger partial charge < -0.3 is 10.6 Å². The zero-order valence-electron chi connectivity index (χ0n) is 12.7. The molecule has 0 spiro atoms. The lowest BCUT2D eigenvalue weighted by Crippen LogP contribution is -2.26. The van der Waals surface area contributed by atoms with Gasteiger partial charge in [-0.15, -0.1) is 0 Å². The number of amides is 1. The summed E-state index contributed by atoms with van der Waals surface area (Å²) in [7, 11) is 0. The Kier molecular flexibility index (Phi) is 3.13. The van der Waals surface area contributed by atoms with Gasteiger partial charge in [0.2, 0.25) is 0 Å². The summed E-state index contributed by atoms with van der Waals surface area (Å²) in [4.78, 5) is 12.5. The van der Waals surface area contributed by atoms with Crippen LogP contribution in [0.5, 0.6) is 0 Å². The lowest BCUT2D eigenvalue weighted by molar-refractivity contribution is 0.0951. The number of carbonyl (C=O) groups is 1. The molecule has 1 saturated carbocycles. The van der Waals surface area contributed by atoms with Gasteiger partial charge in [-0.3, -0.25) is 4.79 Å². The molecule has 1 aliphatic carbocycles. The van der Waals surface area contributed by atoms with E-state index in [1.165, 1.54) is 5.56 Å². The number of anilines is 1. The number of nitrogens with zero attached hydrogens (tertiary/aromatic N) is 2.